The summed E-state index contributed by atoms with van der Waals surface area (Å²) in [5.74, 6) is -0.303. The number of hydrogen-bond donors (Lipinski definition) is 0. The van der Waals surface area contributed by atoms with Crippen LogP contribution in [0.15, 0.2) is 0 Å². The van der Waals surface area contributed by atoms with Crippen molar-refractivity contribution < 1.29 is 14.3 Å². The lowest BCUT2D eigenvalue weighted by Crippen LogP contribution is -2.15. The number of ketones is 1. The van der Waals surface area contributed by atoms with E-state index in [9.17, 15) is 9.59 Å². The van der Waals surface area contributed by atoms with Gasteiger partial charge in [0.15, 0.2) is 0 Å². The quantitative estimate of drug-likeness (QED) is 0.518. The van der Waals surface area contributed by atoms with Gasteiger partial charge in [0.05, 0.1) is 0 Å². The molecule has 0 saturated heterocycles. The number of hydrogen-bond acceptors (Lipinski definition) is 3. The molecule has 0 aromatic carbocycles. The lowest BCUT2D eigenvalue weighted by atomic mass is 10.2. The van der Waals surface area contributed by atoms with Gasteiger partial charge in [-0.25, -0.2) is 0 Å². The van der Waals surface area contributed by atoms with Crippen molar-refractivity contribution in [1.29, 1.82) is 0 Å². The molecule has 0 heterocycles. The fourth-order valence-electron chi connectivity index (χ4n) is 1.23. The second-order valence-corrected chi connectivity index (χ2v) is 4.03. The monoisotopic (exact) mass is 230 g/mol. The summed E-state index contributed by atoms with van der Waals surface area (Å²) in [5.41, 5.74) is 0. The van der Waals surface area contributed by atoms with E-state index in [4.69, 9.17) is 4.74 Å². The van der Waals surface area contributed by atoms with E-state index in [1.807, 2.05) is 0 Å². The highest BCUT2D eigenvalue weighted by molar-refractivity contribution is 5.76. The molecule has 0 rings (SSSR count). The van der Waals surface area contributed by atoms with Crippen molar-refractivity contribution in [1.82, 2.24) is 0 Å². The minimum Gasteiger partial charge on any atom is -0.462 e. The molecule has 1 atom stereocenters. The Labute approximate surface area is 99.6 Å². The van der Waals surface area contributed by atoms with Crippen molar-refractivity contribution in [2.24, 2.45) is 0 Å². The lowest BCUT2D eigenvalue weighted by molar-refractivity contribution is -0.146. The van der Waals surface area contributed by atoms with E-state index in [0.29, 0.717) is 6.42 Å². The number of ether oxygens (including phenoxy) is 1. The van der Waals surface area contributed by atoms with Crippen LogP contribution in [0.1, 0.15) is 66.7 Å². The fourth-order valence-corrected chi connectivity index (χ4v) is 1.23. The summed E-state index contributed by atoms with van der Waals surface area (Å²) in [6, 6.07) is 0. The number of rotatable bonds is 6. The Morgan fingerprint density at radius 3 is 1.75 bits per heavy atom. The number of unbranched alkanes of at least 4 members (excludes halogenated alkanes) is 3. The second kappa shape index (κ2) is 12.2. The van der Waals surface area contributed by atoms with E-state index >= 15 is 0 Å². The predicted molar refractivity (Wildman–Crippen MR) is 66.3 cm³/mol. The van der Waals surface area contributed by atoms with Gasteiger partial charge in [-0.3, -0.25) is 9.59 Å². The van der Waals surface area contributed by atoms with Gasteiger partial charge in [0.25, 0.3) is 0 Å². The molecule has 0 saturated carbocycles. The summed E-state index contributed by atoms with van der Waals surface area (Å²) in [5, 5.41) is 0. The zero-order chi connectivity index (χ0) is 13.0. The molecule has 0 N–H and O–H groups in total. The van der Waals surface area contributed by atoms with Crippen LogP contribution in [0.3, 0.4) is 0 Å². The van der Waals surface area contributed by atoms with Crippen molar-refractivity contribution in [3.63, 3.8) is 0 Å². The molecule has 0 bridgehead atoms. The van der Waals surface area contributed by atoms with Crippen LogP contribution < -0.4 is 0 Å². The van der Waals surface area contributed by atoms with Gasteiger partial charge in [-0.2, -0.15) is 0 Å². The largest absolute Gasteiger partial charge is 0.462 e. The molecule has 0 fully saturated rings. The summed E-state index contributed by atoms with van der Waals surface area (Å²) in [7, 11) is 0. The summed E-state index contributed by atoms with van der Waals surface area (Å²) < 4.78 is 4.70. The van der Waals surface area contributed by atoms with Crippen molar-refractivity contribution in [2.75, 3.05) is 0 Å². The van der Waals surface area contributed by atoms with E-state index in [-0.39, 0.29) is 17.9 Å². The van der Waals surface area contributed by atoms with Gasteiger partial charge in [0.2, 0.25) is 0 Å². The lowest BCUT2D eigenvalue weighted by Gasteiger charge is -2.08. The van der Waals surface area contributed by atoms with Gasteiger partial charge < -0.3 is 4.74 Å². The molecule has 0 amide bonds. The fraction of sp³-hybridized carbons (Fsp3) is 0.846. The standard InChI is InChI=1S/C7H12O3.C6H14/c1-5(8)4-6(2)10-7(3)9;1-3-5-6-4-2/h6H,4H2,1-3H3;3-6H2,1-2H3. The molecule has 0 spiro atoms. The molecule has 0 aliphatic rings. The van der Waals surface area contributed by atoms with Crippen LogP contribution >= 0.6 is 0 Å². The molecule has 3 nitrogen and oxygen atoms in total. The Morgan fingerprint density at radius 1 is 1.06 bits per heavy atom. The molecule has 96 valence electrons. The van der Waals surface area contributed by atoms with Crippen LogP contribution in [0.4, 0.5) is 0 Å². The third-order valence-corrected chi connectivity index (χ3v) is 1.90. The van der Waals surface area contributed by atoms with Crippen LogP contribution in [0, 0.1) is 0 Å². The molecule has 3 heteroatoms. The average Bonchev–Trinajstić information content (AvgIpc) is 2.12. The SMILES string of the molecule is CC(=O)CC(C)OC(C)=O.CCCCCC. The van der Waals surface area contributed by atoms with Crippen molar-refractivity contribution in [3.05, 3.63) is 0 Å². The summed E-state index contributed by atoms with van der Waals surface area (Å²) in [6.45, 7) is 8.96. The normalized spacial score (nSPS) is 11.1. The van der Waals surface area contributed by atoms with Gasteiger partial charge in [-0.05, 0) is 13.8 Å². The highest BCUT2D eigenvalue weighted by atomic mass is 16.5. The number of Topliss-reactive ketones (excluding diaryl/α,β-unsaturated/α-hetero) is 1. The molecule has 0 aliphatic heterocycles. The van der Waals surface area contributed by atoms with Crippen LogP contribution in [0.2, 0.25) is 0 Å². The first kappa shape index (κ1) is 17.5. The van der Waals surface area contributed by atoms with Crippen LogP contribution in [0.25, 0.3) is 0 Å². The number of carbonyl (C=O) groups excluding carboxylic acids is 2. The van der Waals surface area contributed by atoms with Crippen molar-refractivity contribution in [2.45, 2.75) is 72.8 Å². The third kappa shape index (κ3) is 18.8. The van der Waals surface area contributed by atoms with Crippen molar-refractivity contribution >= 4 is 11.8 Å². The topological polar surface area (TPSA) is 43.4 Å². The first-order valence-corrected chi connectivity index (χ1v) is 6.10. The van der Waals surface area contributed by atoms with Gasteiger partial charge in [-0.15, -0.1) is 0 Å². The molecule has 0 aliphatic carbocycles. The first-order valence-electron chi connectivity index (χ1n) is 6.10. The number of esters is 1. The maximum atomic E-state index is 10.4. The maximum absolute atomic E-state index is 10.4. The summed E-state index contributed by atoms with van der Waals surface area (Å²) in [6.07, 6.45) is 5.56. The van der Waals surface area contributed by atoms with E-state index in [2.05, 4.69) is 13.8 Å². The summed E-state index contributed by atoms with van der Waals surface area (Å²) >= 11 is 0. The van der Waals surface area contributed by atoms with E-state index < -0.39 is 0 Å². The van der Waals surface area contributed by atoms with E-state index in [1.165, 1.54) is 39.5 Å². The van der Waals surface area contributed by atoms with Gasteiger partial charge >= 0.3 is 5.97 Å². The molecule has 0 radical (unpaired) electrons. The van der Waals surface area contributed by atoms with Crippen LogP contribution in [0.5, 0.6) is 0 Å². The zero-order valence-corrected chi connectivity index (χ0v) is 11.3. The van der Waals surface area contributed by atoms with Gasteiger partial charge in [0.1, 0.15) is 11.9 Å². The van der Waals surface area contributed by atoms with Gasteiger partial charge in [0, 0.05) is 13.3 Å². The molecule has 16 heavy (non-hydrogen) atoms. The maximum Gasteiger partial charge on any atom is 0.302 e. The van der Waals surface area contributed by atoms with Crippen LogP contribution in [-0.2, 0) is 14.3 Å². The first-order chi connectivity index (χ1) is 7.43. The summed E-state index contributed by atoms with van der Waals surface area (Å²) in [4.78, 5) is 20.7. The minimum atomic E-state index is -0.339. The molecule has 0 aromatic heterocycles. The Balaban J connectivity index is 0. The third-order valence-electron chi connectivity index (χ3n) is 1.90. The van der Waals surface area contributed by atoms with Crippen LogP contribution in [-0.4, -0.2) is 17.9 Å². The molecular formula is C13H26O3. The highest BCUT2D eigenvalue weighted by Gasteiger charge is 2.06. The molecular weight excluding hydrogens is 204 g/mol. The van der Waals surface area contributed by atoms with Gasteiger partial charge in [-0.1, -0.05) is 39.5 Å². The smallest absolute Gasteiger partial charge is 0.302 e. The minimum absolute atomic E-state index is 0.0359. The molecule has 1 unspecified atom stereocenters. The van der Waals surface area contributed by atoms with Crippen molar-refractivity contribution in [3.8, 4) is 0 Å². The Morgan fingerprint density at radius 2 is 1.50 bits per heavy atom. The predicted octanol–water partition coefficient (Wildman–Crippen LogP) is 3.50. The molecule has 0 aromatic rings. The second-order valence-electron chi connectivity index (χ2n) is 4.03. The van der Waals surface area contributed by atoms with E-state index in [1.54, 1.807) is 6.92 Å². The Hall–Kier alpha value is -0.860. The average molecular weight is 230 g/mol. The number of carbonyl (C=O) groups is 2. The Bertz CT molecular complexity index is 168. The van der Waals surface area contributed by atoms with E-state index in [0.717, 1.165) is 0 Å². The Kier molecular flexibility index (Phi) is 13.4. The highest BCUT2D eigenvalue weighted by Crippen LogP contribution is 1.97. The zero-order valence-electron chi connectivity index (χ0n) is 11.3.